The zero-order chi connectivity index (χ0) is 16.2. The van der Waals surface area contributed by atoms with Crippen molar-refractivity contribution in [3.05, 3.63) is 53.9 Å². The highest BCUT2D eigenvalue weighted by Gasteiger charge is 2.14. The van der Waals surface area contributed by atoms with Crippen LogP contribution >= 0.6 is 0 Å². The largest absolute Gasteiger partial charge is 0.494 e. The molecule has 0 aliphatic carbocycles. The Morgan fingerprint density at radius 2 is 2.00 bits per heavy atom. The summed E-state index contributed by atoms with van der Waals surface area (Å²) in [7, 11) is 0. The minimum atomic E-state index is 0.327. The number of nitrogens with zero attached hydrogens (tertiary/aromatic N) is 3. The van der Waals surface area contributed by atoms with Gasteiger partial charge in [-0.1, -0.05) is 6.92 Å². The molecule has 1 aromatic carbocycles. The van der Waals surface area contributed by atoms with E-state index in [0.717, 1.165) is 40.3 Å². The Balaban J connectivity index is 2.04. The minimum absolute atomic E-state index is 0.327. The summed E-state index contributed by atoms with van der Waals surface area (Å²) >= 11 is 0. The van der Waals surface area contributed by atoms with Crippen molar-refractivity contribution in [2.75, 3.05) is 6.61 Å². The average molecular weight is 305 g/mol. The molecule has 0 saturated heterocycles. The molecular weight excluding hydrogens is 286 g/mol. The normalized spacial score (nSPS) is 10.7. The summed E-state index contributed by atoms with van der Waals surface area (Å²) in [6.45, 7) is 4.84. The van der Waals surface area contributed by atoms with Gasteiger partial charge >= 0.3 is 0 Å². The van der Waals surface area contributed by atoms with Crippen LogP contribution in [0.25, 0.3) is 16.9 Å². The third kappa shape index (κ3) is 3.04. The number of rotatable bonds is 5. The third-order valence-corrected chi connectivity index (χ3v) is 3.73. The number of hydrogen-bond donors (Lipinski definition) is 0. The quantitative estimate of drug-likeness (QED) is 0.711. The lowest BCUT2D eigenvalue weighted by atomic mass is 10.1. The molecule has 2 aromatic heterocycles. The lowest BCUT2D eigenvalue weighted by Crippen LogP contribution is -1.95. The fourth-order valence-corrected chi connectivity index (χ4v) is 2.60. The van der Waals surface area contributed by atoms with Gasteiger partial charge in [-0.2, -0.15) is 5.26 Å². The Hall–Kier alpha value is -2.80. The van der Waals surface area contributed by atoms with Gasteiger partial charge in [0.15, 0.2) is 0 Å². The SMILES string of the molecule is CCCOc1ccc(-c2nc3cc(C)ccn3c2CC#N)cc1. The highest BCUT2D eigenvalue weighted by atomic mass is 16.5. The number of aromatic nitrogens is 2. The van der Waals surface area contributed by atoms with Gasteiger partial charge in [0, 0.05) is 11.8 Å². The van der Waals surface area contributed by atoms with Crippen LogP contribution in [0.15, 0.2) is 42.6 Å². The van der Waals surface area contributed by atoms with Crippen LogP contribution in [0.2, 0.25) is 0 Å². The maximum absolute atomic E-state index is 9.15. The first-order valence-electron chi connectivity index (χ1n) is 7.80. The van der Waals surface area contributed by atoms with Crippen molar-refractivity contribution in [1.82, 2.24) is 9.38 Å². The number of imidazole rings is 1. The van der Waals surface area contributed by atoms with Gasteiger partial charge in [-0.25, -0.2) is 4.98 Å². The highest BCUT2D eigenvalue weighted by Crippen LogP contribution is 2.27. The second-order valence-corrected chi connectivity index (χ2v) is 5.55. The van der Waals surface area contributed by atoms with Crippen LogP contribution in [0.1, 0.15) is 24.6 Å². The van der Waals surface area contributed by atoms with E-state index in [2.05, 4.69) is 13.0 Å². The van der Waals surface area contributed by atoms with Crippen LogP contribution in [-0.4, -0.2) is 16.0 Å². The predicted molar refractivity (Wildman–Crippen MR) is 90.5 cm³/mol. The molecule has 2 heterocycles. The fourth-order valence-electron chi connectivity index (χ4n) is 2.60. The van der Waals surface area contributed by atoms with Gasteiger partial charge in [-0.3, -0.25) is 0 Å². The Labute approximate surface area is 136 Å². The predicted octanol–water partition coefficient (Wildman–Crippen LogP) is 4.16. The molecular formula is C19H19N3O. The van der Waals surface area contributed by atoms with Crippen molar-refractivity contribution in [2.24, 2.45) is 0 Å². The summed E-state index contributed by atoms with van der Waals surface area (Å²) in [5, 5.41) is 9.15. The number of aryl methyl sites for hydroxylation is 1. The Bertz CT molecular complexity index is 857. The number of hydrogen-bond acceptors (Lipinski definition) is 3. The molecule has 0 aliphatic rings. The maximum atomic E-state index is 9.15. The van der Waals surface area contributed by atoms with E-state index in [4.69, 9.17) is 15.0 Å². The zero-order valence-corrected chi connectivity index (χ0v) is 13.4. The number of pyridine rings is 1. The van der Waals surface area contributed by atoms with Crippen LogP contribution in [0.3, 0.4) is 0 Å². The molecule has 0 bridgehead atoms. The van der Waals surface area contributed by atoms with Gasteiger partial charge in [0.25, 0.3) is 0 Å². The molecule has 0 fully saturated rings. The third-order valence-electron chi connectivity index (χ3n) is 3.73. The summed E-state index contributed by atoms with van der Waals surface area (Å²) in [4.78, 5) is 4.73. The van der Waals surface area contributed by atoms with E-state index < -0.39 is 0 Å². The lowest BCUT2D eigenvalue weighted by molar-refractivity contribution is 0.317. The van der Waals surface area contributed by atoms with E-state index in [1.165, 1.54) is 0 Å². The average Bonchev–Trinajstić information content (AvgIpc) is 2.91. The first kappa shape index (κ1) is 15.1. The summed E-state index contributed by atoms with van der Waals surface area (Å²) < 4.78 is 7.61. The van der Waals surface area contributed by atoms with Crippen LogP contribution in [0.5, 0.6) is 5.75 Å². The van der Waals surface area contributed by atoms with E-state index in [-0.39, 0.29) is 0 Å². The number of nitriles is 1. The van der Waals surface area contributed by atoms with Gasteiger partial charge < -0.3 is 9.14 Å². The second kappa shape index (κ2) is 6.53. The monoisotopic (exact) mass is 305 g/mol. The standard InChI is InChI=1S/C19H19N3O/c1-3-12-23-16-6-4-15(5-7-16)19-17(8-10-20)22-11-9-14(2)13-18(22)21-19/h4-7,9,11,13H,3,8,12H2,1-2H3. The van der Waals surface area contributed by atoms with Crippen molar-refractivity contribution < 1.29 is 4.74 Å². The Morgan fingerprint density at radius 3 is 2.70 bits per heavy atom. The van der Waals surface area contributed by atoms with Crippen molar-refractivity contribution >= 4 is 5.65 Å². The van der Waals surface area contributed by atoms with Crippen LogP contribution in [0.4, 0.5) is 0 Å². The van der Waals surface area contributed by atoms with Gasteiger partial charge in [0.05, 0.1) is 30.5 Å². The molecule has 0 amide bonds. The molecule has 0 radical (unpaired) electrons. The van der Waals surface area contributed by atoms with E-state index in [1.54, 1.807) is 0 Å². The zero-order valence-electron chi connectivity index (χ0n) is 13.4. The Morgan fingerprint density at radius 1 is 1.22 bits per heavy atom. The molecule has 0 N–H and O–H groups in total. The van der Waals surface area contributed by atoms with Crippen molar-refractivity contribution in [3.63, 3.8) is 0 Å². The first-order chi connectivity index (χ1) is 11.2. The van der Waals surface area contributed by atoms with Gasteiger partial charge in [0.1, 0.15) is 11.4 Å². The first-order valence-corrected chi connectivity index (χ1v) is 7.80. The molecule has 3 aromatic rings. The molecule has 23 heavy (non-hydrogen) atoms. The summed E-state index contributed by atoms with van der Waals surface area (Å²) in [6.07, 6.45) is 3.29. The lowest BCUT2D eigenvalue weighted by Gasteiger charge is -2.06. The van der Waals surface area contributed by atoms with E-state index in [9.17, 15) is 0 Å². The summed E-state index contributed by atoms with van der Waals surface area (Å²) in [5.41, 5.74) is 4.81. The van der Waals surface area contributed by atoms with Gasteiger partial charge in [-0.15, -0.1) is 0 Å². The van der Waals surface area contributed by atoms with Crippen LogP contribution < -0.4 is 4.74 Å². The van der Waals surface area contributed by atoms with E-state index in [0.29, 0.717) is 13.0 Å². The Kier molecular flexibility index (Phi) is 4.29. The van der Waals surface area contributed by atoms with E-state index >= 15 is 0 Å². The topological polar surface area (TPSA) is 50.3 Å². The molecule has 0 unspecified atom stereocenters. The molecule has 0 spiro atoms. The maximum Gasteiger partial charge on any atom is 0.137 e. The second-order valence-electron chi connectivity index (χ2n) is 5.55. The molecule has 0 aliphatic heterocycles. The highest BCUT2D eigenvalue weighted by molar-refractivity contribution is 5.68. The number of ether oxygens (including phenoxy) is 1. The molecule has 116 valence electrons. The van der Waals surface area contributed by atoms with Crippen LogP contribution in [-0.2, 0) is 6.42 Å². The molecule has 0 saturated carbocycles. The fraction of sp³-hybridized carbons (Fsp3) is 0.263. The molecule has 0 atom stereocenters. The van der Waals surface area contributed by atoms with Crippen molar-refractivity contribution in [2.45, 2.75) is 26.7 Å². The summed E-state index contributed by atoms with van der Waals surface area (Å²) in [6, 6.07) is 14.2. The number of fused-ring (bicyclic) bond motifs is 1. The molecule has 4 nitrogen and oxygen atoms in total. The summed E-state index contributed by atoms with van der Waals surface area (Å²) in [5.74, 6) is 0.858. The smallest absolute Gasteiger partial charge is 0.137 e. The van der Waals surface area contributed by atoms with Gasteiger partial charge in [-0.05, 0) is 55.3 Å². The van der Waals surface area contributed by atoms with Crippen molar-refractivity contribution in [1.29, 1.82) is 5.26 Å². The van der Waals surface area contributed by atoms with E-state index in [1.807, 2.05) is 53.9 Å². The number of benzene rings is 1. The molecule has 4 heteroatoms. The van der Waals surface area contributed by atoms with Crippen molar-refractivity contribution in [3.8, 4) is 23.1 Å². The van der Waals surface area contributed by atoms with Crippen LogP contribution in [0, 0.1) is 18.3 Å². The van der Waals surface area contributed by atoms with Gasteiger partial charge in [0.2, 0.25) is 0 Å². The molecule has 3 rings (SSSR count). The minimum Gasteiger partial charge on any atom is -0.494 e.